The third-order valence-electron chi connectivity index (χ3n) is 3.10. The van der Waals surface area contributed by atoms with Gasteiger partial charge in [-0.05, 0) is 36.8 Å². The Morgan fingerprint density at radius 1 is 1.40 bits per heavy atom. The van der Waals surface area contributed by atoms with Gasteiger partial charge in [0, 0.05) is 0 Å². The van der Waals surface area contributed by atoms with E-state index in [0.717, 1.165) is 19.3 Å². The van der Waals surface area contributed by atoms with E-state index in [-0.39, 0.29) is 11.9 Å². The minimum Gasteiger partial charge on any atom is -0.323 e. The molecule has 1 aromatic rings. The Morgan fingerprint density at radius 3 is 2.67 bits per heavy atom. The summed E-state index contributed by atoms with van der Waals surface area (Å²) in [7, 11) is 0. The molecule has 2 fully saturated rings. The number of nitrogens with zero attached hydrogens (tertiary/aromatic N) is 1. The predicted octanol–water partition coefficient (Wildman–Crippen LogP) is 1.73. The molecule has 3 amide bonds. The monoisotopic (exact) mass is 222 g/mol. The Balaban J connectivity index is 1.97. The first-order chi connectivity index (χ1) is 7.23. The summed E-state index contributed by atoms with van der Waals surface area (Å²) in [6, 6.07) is 3.36. The molecule has 3 rings (SSSR count). The van der Waals surface area contributed by atoms with E-state index in [0.29, 0.717) is 5.00 Å². The molecule has 0 atom stereocenters. The molecule has 1 saturated heterocycles. The highest BCUT2D eigenvalue weighted by atomic mass is 32.1. The topological polar surface area (TPSA) is 49.4 Å². The highest BCUT2D eigenvalue weighted by Crippen LogP contribution is 2.39. The maximum absolute atomic E-state index is 12.1. The average molecular weight is 222 g/mol. The van der Waals surface area contributed by atoms with Crippen molar-refractivity contribution in [1.29, 1.82) is 0 Å². The summed E-state index contributed by atoms with van der Waals surface area (Å²) in [6.07, 6.45) is 2.57. The first-order valence-corrected chi connectivity index (χ1v) is 5.81. The van der Waals surface area contributed by atoms with Crippen LogP contribution in [0, 0.1) is 0 Å². The van der Waals surface area contributed by atoms with Crippen molar-refractivity contribution in [2.75, 3.05) is 4.90 Å². The van der Waals surface area contributed by atoms with Gasteiger partial charge in [0.05, 0.1) is 0 Å². The van der Waals surface area contributed by atoms with Crippen LogP contribution in [-0.2, 0) is 4.79 Å². The van der Waals surface area contributed by atoms with Gasteiger partial charge in [-0.25, -0.2) is 9.69 Å². The number of anilines is 1. The molecule has 4 nitrogen and oxygen atoms in total. The second-order valence-corrected chi connectivity index (χ2v) is 4.88. The smallest absolute Gasteiger partial charge is 0.323 e. The molecule has 0 radical (unpaired) electrons. The first kappa shape index (κ1) is 8.91. The van der Waals surface area contributed by atoms with Gasteiger partial charge >= 0.3 is 6.03 Å². The summed E-state index contributed by atoms with van der Waals surface area (Å²) >= 11 is 1.41. The van der Waals surface area contributed by atoms with Crippen molar-refractivity contribution in [1.82, 2.24) is 5.32 Å². The summed E-state index contributed by atoms with van der Waals surface area (Å²) in [5.74, 6) is -0.0822. The number of carbonyl (C=O) groups excluding carboxylic acids is 2. The van der Waals surface area contributed by atoms with Crippen LogP contribution in [0.5, 0.6) is 0 Å². The fourth-order valence-electron chi connectivity index (χ4n) is 2.09. The number of carbonyl (C=O) groups is 2. The predicted molar refractivity (Wildman–Crippen MR) is 56.9 cm³/mol. The van der Waals surface area contributed by atoms with Crippen molar-refractivity contribution in [2.45, 2.75) is 24.8 Å². The third-order valence-corrected chi connectivity index (χ3v) is 3.95. The van der Waals surface area contributed by atoms with E-state index in [1.165, 1.54) is 16.2 Å². The molecule has 1 saturated carbocycles. The van der Waals surface area contributed by atoms with Crippen LogP contribution in [0.15, 0.2) is 17.5 Å². The number of nitrogens with one attached hydrogen (secondary N) is 1. The normalized spacial score (nSPS) is 23.1. The number of hydrogen-bond acceptors (Lipinski definition) is 3. The van der Waals surface area contributed by atoms with Gasteiger partial charge in [0.25, 0.3) is 5.91 Å². The lowest BCUT2D eigenvalue weighted by Gasteiger charge is -2.34. The third kappa shape index (κ3) is 1.07. The number of thiophene rings is 1. The largest absolute Gasteiger partial charge is 0.330 e. The fourth-order valence-corrected chi connectivity index (χ4v) is 2.81. The van der Waals surface area contributed by atoms with Gasteiger partial charge in [0.15, 0.2) is 0 Å². The lowest BCUT2D eigenvalue weighted by atomic mass is 9.77. The summed E-state index contributed by atoms with van der Waals surface area (Å²) in [5, 5.41) is 5.37. The van der Waals surface area contributed by atoms with Gasteiger partial charge in [-0.3, -0.25) is 4.79 Å². The molecule has 15 heavy (non-hydrogen) atoms. The van der Waals surface area contributed by atoms with Crippen LogP contribution in [0.25, 0.3) is 0 Å². The van der Waals surface area contributed by atoms with Crippen LogP contribution in [0.4, 0.5) is 9.80 Å². The van der Waals surface area contributed by atoms with Gasteiger partial charge in [0.1, 0.15) is 10.5 Å². The standard InChI is InChI=1S/C10H10N2O2S/c13-8-10(4-2-5-10)11-9(14)12(8)7-3-1-6-15-7/h1,3,6H,2,4-5H2,(H,11,14). The van der Waals surface area contributed by atoms with Crippen molar-refractivity contribution < 1.29 is 9.59 Å². The average Bonchev–Trinajstić information content (AvgIpc) is 2.70. The van der Waals surface area contributed by atoms with Crippen LogP contribution in [-0.4, -0.2) is 17.5 Å². The van der Waals surface area contributed by atoms with E-state index in [9.17, 15) is 9.59 Å². The van der Waals surface area contributed by atoms with Gasteiger partial charge < -0.3 is 5.32 Å². The lowest BCUT2D eigenvalue weighted by molar-refractivity contribution is -0.124. The fraction of sp³-hybridized carbons (Fsp3) is 0.400. The van der Waals surface area contributed by atoms with Crippen LogP contribution in [0.2, 0.25) is 0 Å². The van der Waals surface area contributed by atoms with Gasteiger partial charge in [0.2, 0.25) is 0 Å². The molecule has 1 aliphatic heterocycles. The molecular weight excluding hydrogens is 212 g/mol. The summed E-state index contributed by atoms with van der Waals surface area (Å²) in [4.78, 5) is 25.0. The Kier molecular flexibility index (Phi) is 1.68. The minimum absolute atomic E-state index is 0.0822. The quantitative estimate of drug-likeness (QED) is 0.736. The molecule has 0 aromatic carbocycles. The first-order valence-electron chi connectivity index (χ1n) is 4.93. The minimum atomic E-state index is -0.568. The molecule has 1 aromatic heterocycles. The second-order valence-electron chi connectivity index (χ2n) is 3.96. The number of hydrogen-bond donors (Lipinski definition) is 1. The maximum atomic E-state index is 12.1. The van der Waals surface area contributed by atoms with Crippen LogP contribution >= 0.6 is 11.3 Å². The molecule has 78 valence electrons. The van der Waals surface area contributed by atoms with E-state index < -0.39 is 5.54 Å². The van der Waals surface area contributed by atoms with Crippen LogP contribution < -0.4 is 10.2 Å². The van der Waals surface area contributed by atoms with E-state index in [4.69, 9.17) is 0 Å². The summed E-state index contributed by atoms with van der Waals surface area (Å²) in [5.41, 5.74) is -0.568. The van der Waals surface area contributed by atoms with Crippen molar-refractivity contribution in [2.24, 2.45) is 0 Å². The highest BCUT2D eigenvalue weighted by Gasteiger charge is 2.55. The molecule has 1 aliphatic carbocycles. The molecule has 2 heterocycles. The van der Waals surface area contributed by atoms with E-state index in [2.05, 4.69) is 5.32 Å². The number of amides is 3. The zero-order valence-corrected chi connectivity index (χ0v) is 8.84. The number of imide groups is 1. The Bertz CT molecular complexity index is 423. The Hall–Kier alpha value is -1.36. The van der Waals surface area contributed by atoms with E-state index in [1.54, 1.807) is 6.07 Å². The van der Waals surface area contributed by atoms with Crippen molar-refractivity contribution >= 4 is 28.3 Å². The van der Waals surface area contributed by atoms with Crippen molar-refractivity contribution in [3.63, 3.8) is 0 Å². The van der Waals surface area contributed by atoms with Gasteiger partial charge in [-0.2, -0.15) is 0 Å². The Labute approximate surface area is 90.9 Å². The molecule has 1 N–H and O–H groups in total. The second kappa shape index (κ2) is 2.82. The van der Waals surface area contributed by atoms with Crippen molar-refractivity contribution in [3.05, 3.63) is 17.5 Å². The van der Waals surface area contributed by atoms with Crippen LogP contribution in [0.3, 0.4) is 0 Å². The summed E-state index contributed by atoms with van der Waals surface area (Å²) in [6.45, 7) is 0. The van der Waals surface area contributed by atoms with Crippen molar-refractivity contribution in [3.8, 4) is 0 Å². The molecular formula is C10H10N2O2S. The molecule has 1 spiro atoms. The van der Waals surface area contributed by atoms with E-state index in [1.807, 2.05) is 11.4 Å². The number of urea groups is 1. The zero-order valence-electron chi connectivity index (χ0n) is 8.03. The lowest BCUT2D eigenvalue weighted by Crippen LogP contribution is -2.52. The number of rotatable bonds is 1. The Morgan fingerprint density at radius 2 is 2.20 bits per heavy atom. The van der Waals surface area contributed by atoms with Crippen LogP contribution in [0.1, 0.15) is 19.3 Å². The molecule has 5 heteroatoms. The van der Waals surface area contributed by atoms with E-state index >= 15 is 0 Å². The molecule has 0 bridgehead atoms. The van der Waals surface area contributed by atoms with Gasteiger partial charge in [-0.15, -0.1) is 11.3 Å². The highest BCUT2D eigenvalue weighted by molar-refractivity contribution is 7.14. The van der Waals surface area contributed by atoms with Gasteiger partial charge in [-0.1, -0.05) is 0 Å². The maximum Gasteiger partial charge on any atom is 0.330 e. The molecule has 2 aliphatic rings. The SMILES string of the molecule is O=C1NC2(CCC2)C(=O)N1c1cccs1. The molecule has 0 unspecified atom stereocenters. The summed E-state index contributed by atoms with van der Waals surface area (Å²) < 4.78 is 0. The zero-order chi connectivity index (χ0) is 10.5.